The molecule has 2 aromatic rings. The summed E-state index contributed by atoms with van der Waals surface area (Å²) in [5.41, 5.74) is 1.13. The number of tetrazole rings is 1. The summed E-state index contributed by atoms with van der Waals surface area (Å²) in [6.07, 6.45) is 0.442. The van der Waals surface area contributed by atoms with Gasteiger partial charge in [-0.1, -0.05) is 0 Å². The molecule has 0 atom stereocenters. The van der Waals surface area contributed by atoms with E-state index in [1.165, 1.54) is 0 Å². The molecule has 0 aliphatic carbocycles. The fourth-order valence-electron chi connectivity index (χ4n) is 2.68. The zero-order valence-corrected chi connectivity index (χ0v) is 14.3. The molecule has 124 valence electrons. The molecule has 3 heterocycles. The fraction of sp³-hybridized carbons (Fsp3) is 0.643. The van der Waals surface area contributed by atoms with Crippen LogP contribution in [0, 0.1) is 13.8 Å². The van der Waals surface area contributed by atoms with E-state index in [1.807, 2.05) is 18.7 Å². The second kappa shape index (κ2) is 7.14. The van der Waals surface area contributed by atoms with Crippen molar-refractivity contribution < 1.29 is 4.79 Å². The summed E-state index contributed by atoms with van der Waals surface area (Å²) in [5, 5.41) is 14.5. The summed E-state index contributed by atoms with van der Waals surface area (Å²) in [7, 11) is 0. The molecule has 1 aliphatic heterocycles. The number of amides is 1. The zero-order valence-electron chi connectivity index (χ0n) is 13.5. The molecule has 23 heavy (non-hydrogen) atoms. The largest absolute Gasteiger partial charge is 0.340 e. The average molecular weight is 335 g/mol. The first-order valence-electron chi connectivity index (χ1n) is 7.76. The maximum atomic E-state index is 12.3. The number of carbonyl (C=O) groups is 1. The van der Waals surface area contributed by atoms with Crippen molar-refractivity contribution in [2.45, 2.75) is 33.4 Å². The SMILES string of the molecule is Cc1nc(CN2CCN(C(=O)CCn3nnnc3C)CC2)cs1. The van der Waals surface area contributed by atoms with Crippen LogP contribution in [0.3, 0.4) is 0 Å². The number of aryl methyl sites for hydroxylation is 3. The van der Waals surface area contributed by atoms with Crippen LogP contribution in [0.5, 0.6) is 0 Å². The van der Waals surface area contributed by atoms with Crippen LogP contribution < -0.4 is 0 Å². The molecule has 0 aromatic carbocycles. The molecule has 0 unspecified atom stereocenters. The predicted molar refractivity (Wildman–Crippen MR) is 85.9 cm³/mol. The molecular formula is C14H21N7OS. The molecule has 1 aliphatic rings. The fourth-order valence-corrected chi connectivity index (χ4v) is 3.28. The van der Waals surface area contributed by atoms with E-state index in [2.05, 4.69) is 30.8 Å². The van der Waals surface area contributed by atoms with Crippen LogP contribution in [0.4, 0.5) is 0 Å². The molecular weight excluding hydrogens is 314 g/mol. The van der Waals surface area contributed by atoms with Crippen LogP contribution in [0.15, 0.2) is 5.38 Å². The predicted octanol–water partition coefficient (Wildman–Crippen LogP) is 0.481. The lowest BCUT2D eigenvalue weighted by molar-refractivity contribution is -0.133. The lowest BCUT2D eigenvalue weighted by Gasteiger charge is -2.34. The van der Waals surface area contributed by atoms with Gasteiger partial charge in [-0.2, -0.15) is 0 Å². The molecule has 9 heteroatoms. The van der Waals surface area contributed by atoms with E-state index in [4.69, 9.17) is 0 Å². The van der Waals surface area contributed by atoms with Gasteiger partial charge in [0, 0.05) is 44.5 Å². The summed E-state index contributed by atoms with van der Waals surface area (Å²) in [6, 6.07) is 0. The van der Waals surface area contributed by atoms with E-state index in [1.54, 1.807) is 16.0 Å². The Balaban J connectivity index is 1.43. The lowest BCUT2D eigenvalue weighted by Crippen LogP contribution is -2.48. The van der Waals surface area contributed by atoms with E-state index in [0.29, 0.717) is 13.0 Å². The van der Waals surface area contributed by atoms with E-state index >= 15 is 0 Å². The second-order valence-corrected chi connectivity index (χ2v) is 6.78. The minimum absolute atomic E-state index is 0.170. The molecule has 8 nitrogen and oxygen atoms in total. The minimum atomic E-state index is 0.170. The summed E-state index contributed by atoms with van der Waals surface area (Å²) in [6.45, 7) is 8.61. The van der Waals surface area contributed by atoms with Gasteiger partial charge in [-0.3, -0.25) is 9.69 Å². The maximum Gasteiger partial charge on any atom is 0.224 e. The quantitative estimate of drug-likeness (QED) is 0.791. The Labute approximate surface area is 139 Å². The normalized spacial score (nSPS) is 16.0. The number of thiazole rings is 1. The standard InChI is InChI=1S/C14H21N7OS/c1-11-16-17-18-21(11)4-3-14(22)20-7-5-19(6-8-20)9-13-10-23-12(2)15-13/h10H,3-9H2,1-2H3. The monoisotopic (exact) mass is 335 g/mol. The van der Waals surface area contributed by atoms with Crippen LogP contribution in [0.1, 0.15) is 22.9 Å². The van der Waals surface area contributed by atoms with Gasteiger partial charge in [0.25, 0.3) is 0 Å². The van der Waals surface area contributed by atoms with Gasteiger partial charge in [-0.05, 0) is 24.3 Å². The molecule has 0 spiro atoms. The van der Waals surface area contributed by atoms with Gasteiger partial charge in [-0.25, -0.2) is 9.67 Å². The molecule has 0 saturated carbocycles. The maximum absolute atomic E-state index is 12.3. The van der Waals surface area contributed by atoms with Crippen LogP contribution >= 0.6 is 11.3 Å². The van der Waals surface area contributed by atoms with E-state index in [9.17, 15) is 4.79 Å². The van der Waals surface area contributed by atoms with Crippen molar-refractivity contribution >= 4 is 17.2 Å². The van der Waals surface area contributed by atoms with Crippen LogP contribution in [0.2, 0.25) is 0 Å². The topological polar surface area (TPSA) is 80.0 Å². The van der Waals surface area contributed by atoms with Gasteiger partial charge in [-0.15, -0.1) is 16.4 Å². The third-order valence-electron chi connectivity index (χ3n) is 4.03. The Bertz CT molecular complexity index is 660. The van der Waals surface area contributed by atoms with Crippen molar-refractivity contribution in [3.05, 3.63) is 21.9 Å². The van der Waals surface area contributed by atoms with Crippen molar-refractivity contribution in [1.82, 2.24) is 35.0 Å². The number of piperazine rings is 1. The number of hydrogen-bond acceptors (Lipinski definition) is 7. The first kappa shape index (κ1) is 16.0. The molecule has 1 amide bonds. The smallest absolute Gasteiger partial charge is 0.224 e. The van der Waals surface area contributed by atoms with Crippen LogP contribution in [-0.4, -0.2) is 67.1 Å². The Morgan fingerprint density at radius 2 is 2.04 bits per heavy atom. The van der Waals surface area contributed by atoms with Crippen LogP contribution in [-0.2, 0) is 17.9 Å². The average Bonchev–Trinajstić information content (AvgIpc) is 3.14. The highest BCUT2D eigenvalue weighted by atomic mass is 32.1. The Kier molecular flexibility index (Phi) is 4.97. The van der Waals surface area contributed by atoms with Gasteiger partial charge >= 0.3 is 0 Å². The van der Waals surface area contributed by atoms with Gasteiger partial charge < -0.3 is 4.90 Å². The zero-order chi connectivity index (χ0) is 16.2. The molecule has 1 saturated heterocycles. The first-order valence-corrected chi connectivity index (χ1v) is 8.63. The van der Waals surface area contributed by atoms with Gasteiger partial charge in [0.15, 0.2) is 0 Å². The van der Waals surface area contributed by atoms with E-state index in [0.717, 1.165) is 49.2 Å². The van der Waals surface area contributed by atoms with E-state index < -0.39 is 0 Å². The van der Waals surface area contributed by atoms with Crippen molar-refractivity contribution in [3.8, 4) is 0 Å². The first-order chi connectivity index (χ1) is 11.1. The van der Waals surface area contributed by atoms with E-state index in [-0.39, 0.29) is 5.91 Å². The third kappa shape index (κ3) is 4.11. The summed E-state index contributed by atoms with van der Waals surface area (Å²) in [4.78, 5) is 21.1. The molecule has 0 bridgehead atoms. The number of aromatic nitrogens is 5. The number of nitrogens with zero attached hydrogens (tertiary/aromatic N) is 7. The molecule has 0 radical (unpaired) electrons. The summed E-state index contributed by atoms with van der Waals surface area (Å²) >= 11 is 1.68. The third-order valence-corrected chi connectivity index (χ3v) is 4.85. The molecule has 0 N–H and O–H groups in total. The Hall–Kier alpha value is -1.87. The minimum Gasteiger partial charge on any atom is -0.340 e. The highest BCUT2D eigenvalue weighted by Gasteiger charge is 2.21. The molecule has 3 rings (SSSR count). The number of hydrogen-bond donors (Lipinski definition) is 0. The Morgan fingerprint density at radius 3 is 2.65 bits per heavy atom. The van der Waals surface area contributed by atoms with Gasteiger partial charge in [0.05, 0.1) is 17.2 Å². The summed E-state index contributed by atoms with van der Waals surface area (Å²) < 4.78 is 1.67. The number of carbonyl (C=O) groups excluding carboxylic acids is 1. The summed E-state index contributed by atoms with van der Waals surface area (Å²) in [5.74, 6) is 0.908. The van der Waals surface area contributed by atoms with Gasteiger partial charge in [0.2, 0.25) is 5.91 Å². The number of rotatable bonds is 5. The van der Waals surface area contributed by atoms with Crippen molar-refractivity contribution in [2.24, 2.45) is 0 Å². The van der Waals surface area contributed by atoms with Gasteiger partial charge in [0.1, 0.15) is 5.82 Å². The highest BCUT2D eigenvalue weighted by Crippen LogP contribution is 2.12. The van der Waals surface area contributed by atoms with Crippen LogP contribution in [0.25, 0.3) is 0 Å². The van der Waals surface area contributed by atoms with Crippen molar-refractivity contribution in [2.75, 3.05) is 26.2 Å². The van der Waals surface area contributed by atoms with Crippen molar-refractivity contribution in [3.63, 3.8) is 0 Å². The van der Waals surface area contributed by atoms with Crippen molar-refractivity contribution in [1.29, 1.82) is 0 Å². The lowest BCUT2D eigenvalue weighted by atomic mass is 10.2. The Morgan fingerprint density at radius 1 is 1.26 bits per heavy atom. The second-order valence-electron chi connectivity index (χ2n) is 5.71. The molecule has 1 fully saturated rings. The highest BCUT2D eigenvalue weighted by molar-refractivity contribution is 7.09. The molecule has 2 aromatic heterocycles.